The van der Waals surface area contributed by atoms with Crippen molar-refractivity contribution in [3.63, 3.8) is 0 Å². The molecule has 1 N–H and O–H groups in total. The van der Waals surface area contributed by atoms with Crippen LogP contribution in [0.2, 0.25) is 0 Å². The Hall–Kier alpha value is -2.53. The van der Waals surface area contributed by atoms with E-state index in [-0.39, 0.29) is 11.4 Å². The number of rotatable bonds is 6. The summed E-state index contributed by atoms with van der Waals surface area (Å²) in [5.41, 5.74) is 1.61. The van der Waals surface area contributed by atoms with Crippen LogP contribution in [0.5, 0.6) is 5.75 Å². The highest BCUT2D eigenvalue weighted by Crippen LogP contribution is 2.28. The van der Waals surface area contributed by atoms with Gasteiger partial charge in [0.1, 0.15) is 17.7 Å². The molecule has 4 rings (SSSR count). The number of methoxy groups -OCH3 is 1. The molecule has 30 heavy (non-hydrogen) atoms. The van der Waals surface area contributed by atoms with Crippen molar-refractivity contribution in [2.75, 3.05) is 32.1 Å². The van der Waals surface area contributed by atoms with Crippen molar-refractivity contribution in [3.8, 4) is 5.75 Å². The van der Waals surface area contributed by atoms with Gasteiger partial charge in [-0.1, -0.05) is 6.07 Å². The average Bonchev–Trinajstić information content (AvgIpc) is 3.18. The molecule has 2 aromatic heterocycles. The van der Waals surface area contributed by atoms with Crippen LogP contribution in [0.4, 0.5) is 10.9 Å². The molecule has 0 unspecified atom stereocenters. The van der Waals surface area contributed by atoms with E-state index in [1.54, 1.807) is 31.4 Å². The standard InChI is InChI=1S/C20H22N4O4S2/c1-14-13-29-20(21-14)23-19-5-3-4-17(22-19)18-12-24(10-11-28-18)30(25,26)16-8-6-15(27-2)7-9-16/h3-9,13,18H,10-12H2,1-2H3,(H,21,22,23)/t18-/m0/s1. The maximum atomic E-state index is 13.1. The van der Waals surface area contributed by atoms with Crippen molar-refractivity contribution in [2.24, 2.45) is 0 Å². The SMILES string of the molecule is COc1ccc(S(=O)(=O)N2CCO[C@H](c3cccc(Nc4nc(C)cs4)n3)C2)cc1. The van der Waals surface area contributed by atoms with Crippen molar-refractivity contribution in [1.82, 2.24) is 14.3 Å². The number of nitrogens with one attached hydrogen (secondary N) is 1. The summed E-state index contributed by atoms with van der Waals surface area (Å²) < 4.78 is 38.5. The van der Waals surface area contributed by atoms with Crippen LogP contribution in [0.3, 0.4) is 0 Å². The number of hydrogen-bond acceptors (Lipinski definition) is 8. The smallest absolute Gasteiger partial charge is 0.243 e. The largest absolute Gasteiger partial charge is 0.497 e. The average molecular weight is 447 g/mol. The van der Waals surface area contributed by atoms with E-state index in [9.17, 15) is 8.42 Å². The van der Waals surface area contributed by atoms with Gasteiger partial charge in [0, 0.05) is 18.5 Å². The lowest BCUT2D eigenvalue weighted by Crippen LogP contribution is -2.42. The first-order valence-electron chi connectivity index (χ1n) is 9.37. The minimum Gasteiger partial charge on any atom is -0.497 e. The van der Waals surface area contributed by atoms with Crippen LogP contribution in [-0.4, -0.2) is 49.5 Å². The molecule has 1 aliphatic rings. The number of aryl methyl sites for hydroxylation is 1. The van der Waals surface area contributed by atoms with Gasteiger partial charge in [-0.2, -0.15) is 4.31 Å². The lowest BCUT2D eigenvalue weighted by atomic mass is 10.2. The second-order valence-electron chi connectivity index (χ2n) is 6.76. The topological polar surface area (TPSA) is 93.7 Å². The number of sulfonamides is 1. The quantitative estimate of drug-likeness (QED) is 0.620. The van der Waals surface area contributed by atoms with Crippen LogP contribution in [0.25, 0.3) is 0 Å². The van der Waals surface area contributed by atoms with Crippen LogP contribution in [0.15, 0.2) is 52.7 Å². The molecule has 0 amide bonds. The Kier molecular flexibility index (Phi) is 6.00. The summed E-state index contributed by atoms with van der Waals surface area (Å²) in [6, 6.07) is 11.9. The summed E-state index contributed by atoms with van der Waals surface area (Å²) in [7, 11) is -2.09. The maximum absolute atomic E-state index is 13.1. The second-order valence-corrected chi connectivity index (χ2v) is 9.56. The molecule has 10 heteroatoms. The van der Waals surface area contributed by atoms with Gasteiger partial charge in [0.05, 0.1) is 30.0 Å². The molecule has 3 aromatic rings. The number of morpholine rings is 1. The summed E-state index contributed by atoms with van der Waals surface area (Å²) in [4.78, 5) is 9.21. The van der Waals surface area contributed by atoms with Crippen molar-refractivity contribution >= 4 is 32.3 Å². The van der Waals surface area contributed by atoms with Gasteiger partial charge in [-0.25, -0.2) is 18.4 Å². The third kappa shape index (κ3) is 4.46. The lowest BCUT2D eigenvalue weighted by molar-refractivity contribution is -0.00486. The molecule has 0 bridgehead atoms. The Morgan fingerprint density at radius 3 is 2.70 bits per heavy atom. The molecule has 0 spiro atoms. The first-order valence-corrected chi connectivity index (χ1v) is 11.7. The Morgan fingerprint density at radius 1 is 1.20 bits per heavy atom. The molecular weight excluding hydrogens is 424 g/mol. The minimum absolute atomic E-state index is 0.196. The highest BCUT2D eigenvalue weighted by molar-refractivity contribution is 7.89. The Morgan fingerprint density at radius 2 is 2.00 bits per heavy atom. The summed E-state index contributed by atoms with van der Waals surface area (Å²) in [5.74, 6) is 1.25. The van der Waals surface area contributed by atoms with Crippen LogP contribution in [0.1, 0.15) is 17.5 Å². The van der Waals surface area contributed by atoms with E-state index in [1.807, 2.05) is 30.5 Å². The fraction of sp³-hybridized carbons (Fsp3) is 0.300. The third-order valence-corrected chi connectivity index (χ3v) is 7.44. The van der Waals surface area contributed by atoms with Crippen molar-refractivity contribution in [3.05, 3.63) is 59.2 Å². The van der Waals surface area contributed by atoms with Gasteiger partial charge in [0.25, 0.3) is 0 Å². The summed E-state index contributed by atoms with van der Waals surface area (Å²) in [6.07, 6.45) is -0.452. The molecule has 8 nitrogen and oxygen atoms in total. The van der Waals surface area contributed by atoms with E-state index >= 15 is 0 Å². The van der Waals surface area contributed by atoms with Gasteiger partial charge < -0.3 is 14.8 Å². The highest BCUT2D eigenvalue weighted by atomic mass is 32.2. The van der Waals surface area contributed by atoms with Gasteiger partial charge >= 0.3 is 0 Å². The normalized spacial score (nSPS) is 17.6. The van der Waals surface area contributed by atoms with Crippen molar-refractivity contribution in [2.45, 2.75) is 17.9 Å². The number of pyridine rings is 1. The Labute approximate surface area is 179 Å². The Bertz CT molecular complexity index is 1120. The zero-order chi connectivity index (χ0) is 21.1. The molecule has 0 radical (unpaired) electrons. The number of benzene rings is 1. The number of aromatic nitrogens is 2. The molecule has 3 heterocycles. The molecule has 1 atom stereocenters. The van der Waals surface area contributed by atoms with Crippen LogP contribution < -0.4 is 10.1 Å². The summed E-state index contributed by atoms with van der Waals surface area (Å²) in [6.45, 7) is 2.71. The predicted octanol–water partition coefficient (Wildman–Crippen LogP) is 3.36. The number of hydrogen-bond donors (Lipinski definition) is 1. The van der Waals surface area contributed by atoms with Crippen LogP contribution in [0, 0.1) is 6.92 Å². The maximum Gasteiger partial charge on any atom is 0.243 e. The number of anilines is 2. The molecular formula is C20H22N4O4S2. The van der Waals surface area contributed by atoms with Gasteiger partial charge in [-0.05, 0) is 43.3 Å². The van der Waals surface area contributed by atoms with Gasteiger partial charge in [-0.3, -0.25) is 0 Å². The second kappa shape index (κ2) is 8.68. The molecule has 158 valence electrons. The first-order chi connectivity index (χ1) is 14.5. The monoisotopic (exact) mass is 446 g/mol. The molecule has 0 saturated carbocycles. The van der Waals surface area contributed by atoms with Gasteiger partial charge in [0.2, 0.25) is 10.0 Å². The van der Waals surface area contributed by atoms with Crippen LogP contribution in [-0.2, 0) is 14.8 Å². The third-order valence-electron chi connectivity index (χ3n) is 4.68. The fourth-order valence-electron chi connectivity index (χ4n) is 3.14. The van der Waals surface area contributed by atoms with E-state index in [1.165, 1.54) is 15.6 Å². The number of nitrogens with zero attached hydrogens (tertiary/aromatic N) is 3. The lowest BCUT2D eigenvalue weighted by Gasteiger charge is -2.32. The summed E-state index contributed by atoms with van der Waals surface area (Å²) >= 11 is 1.50. The summed E-state index contributed by atoms with van der Waals surface area (Å²) in [5, 5.41) is 5.89. The van der Waals surface area contributed by atoms with Crippen molar-refractivity contribution in [1.29, 1.82) is 0 Å². The number of thiazole rings is 1. The Balaban J connectivity index is 1.51. The first kappa shape index (κ1) is 20.7. The zero-order valence-electron chi connectivity index (χ0n) is 16.6. The highest BCUT2D eigenvalue weighted by Gasteiger charge is 2.32. The predicted molar refractivity (Wildman–Crippen MR) is 115 cm³/mol. The molecule has 1 aliphatic heterocycles. The number of ether oxygens (including phenoxy) is 2. The van der Waals surface area contributed by atoms with Crippen molar-refractivity contribution < 1.29 is 17.9 Å². The van der Waals surface area contributed by atoms with E-state index < -0.39 is 16.1 Å². The molecule has 0 aliphatic carbocycles. The van der Waals surface area contributed by atoms with E-state index in [2.05, 4.69) is 15.3 Å². The van der Waals surface area contributed by atoms with Gasteiger partial charge in [-0.15, -0.1) is 11.3 Å². The molecule has 1 aromatic carbocycles. The van der Waals surface area contributed by atoms with E-state index in [0.29, 0.717) is 30.4 Å². The van der Waals surface area contributed by atoms with Gasteiger partial charge in [0.15, 0.2) is 5.13 Å². The van der Waals surface area contributed by atoms with Crippen LogP contribution >= 0.6 is 11.3 Å². The molecule has 1 fully saturated rings. The molecule has 1 saturated heterocycles. The minimum atomic E-state index is -3.64. The fourth-order valence-corrected chi connectivity index (χ4v) is 5.26. The zero-order valence-corrected chi connectivity index (χ0v) is 18.2. The van der Waals surface area contributed by atoms with E-state index in [4.69, 9.17) is 9.47 Å². The van der Waals surface area contributed by atoms with E-state index in [0.717, 1.165) is 10.8 Å².